The van der Waals surface area contributed by atoms with Crippen molar-refractivity contribution in [3.8, 4) is 11.3 Å². The van der Waals surface area contributed by atoms with E-state index < -0.39 is 0 Å². The van der Waals surface area contributed by atoms with E-state index in [0.717, 1.165) is 22.5 Å². The van der Waals surface area contributed by atoms with Gasteiger partial charge in [-0.1, -0.05) is 12.1 Å². The summed E-state index contributed by atoms with van der Waals surface area (Å²) >= 11 is 0. The van der Waals surface area contributed by atoms with E-state index in [4.69, 9.17) is 4.42 Å². The van der Waals surface area contributed by atoms with Crippen molar-refractivity contribution in [2.24, 2.45) is 0 Å². The van der Waals surface area contributed by atoms with Gasteiger partial charge in [-0.05, 0) is 29.3 Å². The molecular formula is C13H10O2. The largest absolute Gasteiger partial charge is 0.464 e. The smallest absolute Gasteiger partial charge is 0.141 e. The quantitative estimate of drug-likeness (QED) is 0.705. The van der Waals surface area contributed by atoms with E-state index in [0.29, 0.717) is 18.6 Å². The Morgan fingerprint density at radius 1 is 1.07 bits per heavy atom. The van der Waals surface area contributed by atoms with Crippen LogP contribution in [0.15, 0.2) is 41.0 Å². The average Bonchev–Trinajstić information content (AvgIpc) is 2.82. The lowest BCUT2D eigenvalue weighted by Gasteiger charge is -2.00. The van der Waals surface area contributed by atoms with Gasteiger partial charge in [-0.3, -0.25) is 4.79 Å². The van der Waals surface area contributed by atoms with E-state index in [1.165, 1.54) is 0 Å². The third kappa shape index (κ3) is 1.38. The fourth-order valence-corrected chi connectivity index (χ4v) is 2.05. The van der Waals surface area contributed by atoms with Crippen molar-refractivity contribution in [2.45, 2.75) is 12.8 Å². The van der Waals surface area contributed by atoms with Crippen molar-refractivity contribution in [1.82, 2.24) is 0 Å². The van der Waals surface area contributed by atoms with Crippen molar-refractivity contribution in [3.05, 3.63) is 47.7 Å². The number of hydrogen-bond acceptors (Lipinski definition) is 2. The summed E-state index contributed by atoms with van der Waals surface area (Å²) in [6.45, 7) is 0. The zero-order valence-electron chi connectivity index (χ0n) is 8.19. The first-order valence-electron chi connectivity index (χ1n) is 5.00. The highest BCUT2D eigenvalue weighted by Gasteiger charge is 2.18. The second-order valence-corrected chi connectivity index (χ2v) is 3.85. The fourth-order valence-electron chi connectivity index (χ4n) is 2.05. The molecule has 1 aromatic carbocycles. The van der Waals surface area contributed by atoms with Crippen molar-refractivity contribution in [3.63, 3.8) is 0 Å². The molecule has 0 unspecified atom stereocenters. The number of rotatable bonds is 1. The average molecular weight is 198 g/mol. The molecule has 1 aromatic heterocycles. The molecule has 2 nitrogen and oxygen atoms in total. The molecule has 1 heterocycles. The number of benzene rings is 1. The first-order chi connectivity index (χ1) is 7.33. The van der Waals surface area contributed by atoms with Crippen molar-refractivity contribution < 1.29 is 9.21 Å². The van der Waals surface area contributed by atoms with Gasteiger partial charge >= 0.3 is 0 Å². The molecule has 1 aliphatic rings. The molecule has 0 aliphatic heterocycles. The first-order valence-corrected chi connectivity index (χ1v) is 5.00. The van der Waals surface area contributed by atoms with Crippen LogP contribution in [0.2, 0.25) is 0 Å². The summed E-state index contributed by atoms with van der Waals surface area (Å²) < 4.78 is 5.32. The Balaban J connectivity index is 2.07. The molecule has 0 saturated heterocycles. The van der Waals surface area contributed by atoms with Gasteiger partial charge in [0.15, 0.2) is 0 Å². The summed E-state index contributed by atoms with van der Waals surface area (Å²) in [6.07, 6.45) is 2.82. The number of ketones is 1. The summed E-state index contributed by atoms with van der Waals surface area (Å²) in [4.78, 5) is 11.3. The molecule has 0 fully saturated rings. The summed E-state index contributed by atoms with van der Waals surface area (Å²) in [5.74, 6) is 1.17. The van der Waals surface area contributed by atoms with Crippen LogP contribution in [0.1, 0.15) is 11.1 Å². The summed E-state index contributed by atoms with van der Waals surface area (Å²) in [7, 11) is 0. The number of hydrogen-bond donors (Lipinski definition) is 0. The number of carbonyl (C=O) groups is 1. The van der Waals surface area contributed by atoms with Gasteiger partial charge in [0.05, 0.1) is 6.26 Å². The molecule has 0 saturated carbocycles. The number of Topliss-reactive ketones (excluding diaryl/α,β-unsaturated/α-hetero) is 1. The Labute approximate surface area is 87.5 Å². The lowest BCUT2D eigenvalue weighted by molar-refractivity contribution is -0.117. The molecule has 2 aromatic rings. The van der Waals surface area contributed by atoms with E-state index in [-0.39, 0.29) is 0 Å². The Hall–Kier alpha value is -1.83. The zero-order chi connectivity index (χ0) is 10.3. The van der Waals surface area contributed by atoms with Crippen LogP contribution >= 0.6 is 0 Å². The second kappa shape index (κ2) is 3.09. The Morgan fingerprint density at radius 3 is 2.73 bits per heavy atom. The van der Waals surface area contributed by atoms with Gasteiger partial charge in [-0.15, -0.1) is 0 Å². The maximum absolute atomic E-state index is 11.3. The van der Waals surface area contributed by atoms with Crippen LogP contribution in [0.25, 0.3) is 11.3 Å². The predicted octanol–water partition coefficient (Wildman–Crippen LogP) is 2.61. The normalized spacial score (nSPS) is 14.3. The highest BCUT2D eigenvalue weighted by atomic mass is 16.3. The van der Waals surface area contributed by atoms with Gasteiger partial charge in [0, 0.05) is 18.4 Å². The van der Waals surface area contributed by atoms with E-state index in [2.05, 4.69) is 6.07 Å². The van der Waals surface area contributed by atoms with Gasteiger partial charge < -0.3 is 4.42 Å². The van der Waals surface area contributed by atoms with Crippen LogP contribution in [-0.4, -0.2) is 5.78 Å². The van der Waals surface area contributed by atoms with Crippen LogP contribution in [0.5, 0.6) is 0 Å². The fraction of sp³-hybridized carbons (Fsp3) is 0.154. The van der Waals surface area contributed by atoms with Gasteiger partial charge in [-0.2, -0.15) is 0 Å². The summed E-state index contributed by atoms with van der Waals surface area (Å²) in [5, 5.41) is 0. The number of carbonyl (C=O) groups excluding carboxylic acids is 1. The molecule has 0 spiro atoms. The lowest BCUT2D eigenvalue weighted by atomic mass is 10.1. The third-order valence-corrected chi connectivity index (χ3v) is 2.79. The Bertz CT molecular complexity index is 509. The Morgan fingerprint density at radius 2 is 1.93 bits per heavy atom. The molecule has 74 valence electrons. The van der Waals surface area contributed by atoms with Crippen LogP contribution < -0.4 is 0 Å². The van der Waals surface area contributed by atoms with Crippen LogP contribution in [-0.2, 0) is 17.6 Å². The zero-order valence-corrected chi connectivity index (χ0v) is 8.19. The highest BCUT2D eigenvalue weighted by molar-refractivity contribution is 5.88. The van der Waals surface area contributed by atoms with Crippen LogP contribution in [0.4, 0.5) is 0 Å². The van der Waals surface area contributed by atoms with Crippen LogP contribution in [0, 0.1) is 0 Å². The highest BCUT2D eigenvalue weighted by Crippen LogP contribution is 2.26. The SMILES string of the molecule is O=C1Cc2ccc(-c3ccco3)cc2C1. The van der Waals surface area contributed by atoms with Crippen molar-refractivity contribution in [1.29, 1.82) is 0 Å². The van der Waals surface area contributed by atoms with Gasteiger partial charge in [0.2, 0.25) is 0 Å². The maximum atomic E-state index is 11.3. The van der Waals surface area contributed by atoms with Crippen molar-refractivity contribution >= 4 is 5.78 Å². The maximum Gasteiger partial charge on any atom is 0.141 e. The Kier molecular flexibility index (Phi) is 1.75. The van der Waals surface area contributed by atoms with E-state index in [1.54, 1.807) is 6.26 Å². The van der Waals surface area contributed by atoms with Gasteiger partial charge in [0.1, 0.15) is 11.5 Å². The molecule has 0 N–H and O–H groups in total. The molecule has 3 rings (SSSR count). The van der Waals surface area contributed by atoms with E-state index >= 15 is 0 Å². The molecule has 1 aliphatic carbocycles. The minimum absolute atomic E-state index is 0.307. The molecule has 2 heteroatoms. The monoisotopic (exact) mass is 198 g/mol. The number of furan rings is 1. The van der Waals surface area contributed by atoms with Gasteiger partial charge in [-0.25, -0.2) is 0 Å². The second-order valence-electron chi connectivity index (χ2n) is 3.85. The summed E-state index contributed by atoms with van der Waals surface area (Å²) in [5.41, 5.74) is 3.36. The predicted molar refractivity (Wildman–Crippen MR) is 56.6 cm³/mol. The third-order valence-electron chi connectivity index (χ3n) is 2.79. The topological polar surface area (TPSA) is 30.2 Å². The minimum atomic E-state index is 0.307. The molecule has 15 heavy (non-hydrogen) atoms. The molecular weight excluding hydrogens is 188 g/mol. The van der Waals surface area contributed by atoms with E-state index in [9.17, 15) is 4.79 Å². The number of fused-ring (bicyclic) bond motifs is 1. The lowest BCUT2D eigenvalue weighted by Crippen LogP contribution is -1.92. The minimum Gasteiger partial charge on any atom is -0.464 e. The molecule has 0 radical (unpaired) electrons. The van der Waals surface area contributed by atoms with Gasteiger partial charge in [0.25, 0.3) is 0 Å². The molecule has 0 atom stereocenters. The molecule has 0 bridgehead atoms. The standard InChI is InChI=1S/C13H10O2/c14-12-7-9-3-4-10(6-11(9)8-12)13-2-1-5-15-13/h1-6H,7-8H2. The summed E-state index contributed by atoms with van der Waals surface area (Å²) in [6, 6.07) is 9.89. The van der Waals surface area contributed by atoms with Crippen molar-refractivity contribution in [2.75, 3.05) is 0 Å². The van der Waals surface area contributed by atoms with E-state index in [1.807, 2.05) is 24.3 Å². The first kappa shape index (κ1) is 8.48. The molecule has 0 amide bonds. The van der Waals surface area contributed by atoms with Crippen LogP contribution in [0.3, 0.4) is 0 Å².